The third-order valence-electron chi connectivity index (χ3n) is 1.90. The molecule has 3 N–H and O–H groups in total. The molecule has 0 unspecified atom stereocenters. The summed E-state index contributed by atoms with van der Waals surface area (Å²) in [6.07, 6.45) is 1.61. The highest BCUT2D eigenvalue weighted by Gasteiger charge is 2.12. The molecule has 0 fully saturated rings. The Morgan fingerprint density at radius 1 is 1.67 bits per heavy atom. The van der Waals surface area contributed by atoms with Crippen molar-refractivity contribution >= 4 is 11.6 Å². The van der Waals surface area contributed by atoms with E-state index in [1.165, 1.54) is 7.11 Å². The molecule has 1 aromatic rings. The number of amides is 1. The van der Waals surface area contributed by atoms with Gasteiger partial charge in [0.2, 0.25) is 0 Å². The summed E-state index contributed by atoms with van der Waals surface area (Å²) in [6.45, 7) is 3.93. The monoisotopic (exact) mass is 206 g/mol. The van der Waals surface area contributed by atoms with Crippen LogP contribution in [0, 0.1) is 0 Å². The van der Waals surface area contributed by atoms with Crippen LogP contribution in [0.3, 0.4) is 0 Å². The number of ether oxygens (including phenoxy) is 1. The van der Waals surface area contributed by atoms with Gasteiger partial charge in [-0.1, -0.05) is 12.1 Å². The van der Waals surface area contributed by atoms with E-state index >= 15 is 0 Å². The lowest BCUT2D eigenvalue weighted by molar-refractivity contribution is 0.0955. The molecule has 0 aliphatic heterocycles. The Balaban J connectivity index is 2.97. The van der Waals surface area contributed by atoms with Gasteiger partial charge in [-0.3, -0.25) is 4.79 Å². The van der Waals surface area contributed by atoms with Gasteiger partial charge in [-0.2, -0.15) is 0 Å². The molecule has 0 spiro atoms. The fourth-order valence-corrected chi connectivity index (χ4v) is 1.22. The van der Waals surface area contributed by atoms with Gasteiger partial charge in [-0.15, -0.1) is 6.58 Å². The highest BCUT2D eigenvalue weighted by molar-refractivity contribution is 5.98. The van der Waals surface area contributed by atoms with Crippen molar-refractivity contribution in [2.75, 3.05) is 19.4 Å². The molecule has 0 aromatic heterocycles. The maximum absolute atomic E-state index is 11.6. The summed E-state index contributed by atoms with van der Waals surface area (Å²) in [5.41, 5.74) is 6.55. The van der Waals surface area contributed by atoms with Crippen molar-refractivity contribution < 1.29 is 9.53 Å². The first kappa shape index (κ1) is 11.1. The van der Waals surface area contributed by atoms with Crippen LogP contribution >= 0.6 is 0 Å². The first-order valence-electron chi connectivity index (χ1n) is 4.52. The molecule has 0 bridgehead atoms. The standard InChI is InChI=1S/C11H14N2O2/c1-3-7-13-11(14)8-5-4-6-9(12)10(8)15-2/h3-6H,1,7,12H2,2H3,(H,13,14). The molecule has 0 radical (unpaired) electrons. The first-order valence-corrected chi connectivity index (χ1v) is 4.52. The van der Waals surface area contributed by atoms with Crippen molar-refractivity contribution in [3.8, 4) is 5.75 Å². The number of benzene rings is 1. The molecule has 80 valence electrons. The molecule has 0 heterocycles. The van der Waals surface area contributed by atoms with E-state index in [1.807, 2.05) is 0 Å². The number of carbonyl (C=O) groups is 1. The van der Waals surface area contributed by atoms with E-state index in [9.17, 15) is 4.79 Å². The van der Waals surface area contributed by atoms with E-state index in [1.54, 1.807) is 24.3 Å². The number of hydrogen-bond acceptors (Lipinski definition) is 3. The largest absolute Gasteiger partial charge is 0.494 e. The Hall–Kier alpha value is -1.97. The maximum Gasteiger partial charge on any atom is 0.255 e. The average Bonchev–Trinajstić information content (AvgIpc) is 2.25. The van der Waals surface area contributed by atoms with Crippen LogP contribution in [-0.2, 0) is 0 Å². The highest BCUT2D eigenvalue weighted by atomic mass is 16.5. The number of para-hydroxylation sites is 1. The zero-order valence-electron chi connectivity index (χ0n) is 8.62. The van der Waals surface area contributed by atoms with Crippen LogP contribution in [0.4, 0.5) is 5.69 Å². The summed E-state index contributed by atoms with van der Waals surface area (Å²) in [6, 6.07) is 5.05. The average molecular weight is 206 g/mol. The van der Waals surface area contributed by atoms with Gasteiger partial charge in [0.25, 0.3) is 5.91 Å². The van der Waals surface area contributed by atoms with Gasteiger partial charge in [0.1, 0.15) is 0 Å². The van der Waals surface area contributed by atoms with E-state index in [-0.39, 0.29) is 5.91 Å². The minimum absolute atomic E-state index is 0.223. The molecule has 0 aliphatic carbocycles. The van der Waals surface area contributed by atoms with Crippen LogP contribution in [0.2, 0.25) is 0 Å². The number of nitrogens with two attached hydrogens (primary N) is 1. The fourth-order valence-electron chi connectivity index (χ4n) is 1.22. The van der Waals surface area contributed by atoms with Gasteiger partial charge < -0.3 is 15.8 Å². The topological polar surface area (TPSA) is 64.4 Å². The Morgan fingerprint density at radius 2 is 2.40 bits per heavy atom. The van der Waals surface area contributed by atoms with Gasteiger partial charge in [0, 0.05) is 6.54 Å². The fraction of sp³-hybridized carbons (Fsp3) is 0.182. The van der Waals surface area contributed by atoms with Crippen LogP contribution in [-0.4, -0.2) is 19.6 Å². The summed E-state index contributed by atoms with van der Waals surface area (Å²) in [5.74, 6) is 0.179. The minimum Gasteiger partial charge on any atom is -0.494 e. The van der Waals surface area contributed by atoms with Crippen LogP contribution in [0.25, 0.3) is 0 Å². The molecule has 0 saturated heterocycles. The molecule has 1 rings (SSSR count). The van der Waals surface area contributed by atoms with E-state index in [2.05, 4.69) is 11.9 Å². The molecule has 0 saturated carbocycles. The SMILES string of the molecule is C=CCNC(=O)c1cccc(N)c1OC. The van der Waals surface area contributed by atoms with Gasteiger partial charge in [-0.05, 0) is 12.1 Å². The zero-order valence-corrected chi connectivity index (χ0v) is 8.62. The third-order valence-corrected chi connectivity index (χ3v) is 1.90. The summed E-state index contributed by atoms with van der Waals surface area (Å²) in [7, 11) is 1.48. The van der Waals surface area contributed by atoms with E-state index in [0.717, 1.165) is 0 Å². The molecule has 1 amide bonds. The smallest absolute Gasteiger partial charge is 0.255 e. The van der Waals surface area contributed by atoms with E-state index in [4.69, 9.17) is 10.5 Å². The number of hydrogen-bond donors (Lipinski definition) is 2. The van der Waals surface area contributed by atoms with Crippen molar-refractivity contribution in [2.24, 2.45) is 0 Å². The van der Waals surface area contributed by atoms with Crippen LogP contribution in [0.1, 0.15) is 10.4 Å². The number of methoxy groups -OCH3 is 1. The third kappa shape index (κ3) is 2.49. The second-order valence-corrected chi connectivity index (χ2v) is 2.93. The predicted octanol–water partition coefficient (Wildman–Crippen LogP) is 1.19. The van der Waals surface area contributed by atoms with Crippen molar-refractivity contribution in [3.05, 3.63) is 36.4 Å². The number of anilines is 1. The zero-order chi connectivity index (χ0) is 11.3. The van der Waals surface area contributed by atoms with Gasteiger partial charge in [0.15, 0.2) is 5.75 Å². The lowest BCUT2D eigenvalue weighted by Crippen LogP contribution is -2.23. The van der Waals surface area contributed by atoms with E-state index in [0.29, 0.717) is 23.5 Å². The minimum atomic E-state index is -0.223. The Labute approximate surface area is 88.7 Å². The van der Waals surface area contributed by atoms with Crippen LogP contribution < -0.4 is 15.8 Å². The normalized spacial score (nSPS) is 9.40. The lowest BCUT2D eigenvalue weighted by Gasteiger charge is -2.10. The molecule has 0 aliphatic rings. The highest BCUT2D eigenvalue weighted by Crippen LogP contribution is 2.25. The molecular weight excluding hydrogens is 192 g/mol. The van der Waals surface area contributed by atoms with Gasteiger partial charge in [-0.25, -0.2) is 0 Å². The van der Waals surface area contributed by atoms with Crippen molar-refractivity contribution in [2.45, 2.75) is 0 Å². The number of carbonyl (C=O) groups excluding carboxylic acids is 1. The summed E-state index contributed by atoms with van der Waals surface area (Å²) >= 11 is 0. The molecular formula is C11H14N2O2. The van der Waals surface area contributed by atoms with Crippen LogP contribution in [0.5, 0.6) is 5.75 Å². The second kappa shape index (κ2) is 5.05. The molecule has 4 nitrogen and oxygen atoms in total. The van der Waals surface area contributed by atoms with Crippen molar-refractivity contribution in [1.29, 1.82) is 0 Å². The molecule has 15 heavy (non-hydrogen) atoms. The van der Waals surface area contributed by atoms with Crippen molar-refractivity contribution in [1.82, 2.24) is 5.32 Å². The maximum atomic E-state index is 11.6. The number of rotatable bonds is 4. The Bertz CT molecular complexity index is 375. The van der Waals surface area contributed by atoms with Gasteiger partial charge >= 0.3 is 0 Å². The number of nitrogen functional groups attached to an aromatic ring is 1. The summed E-state index contributed by atoms with van der Waals surface area (Å²) in [5, 5.41) is 2.66. The predicted molar refractivity (Wildman–Crippen MR) is 59.9 cm³/mol. The first-order chi connectivity index (χ1) is 7.20. The number of nitrogens with one attached hydrogen (secondary N) is 1. The van der Waals surface area contributed by atoms with Crippen molar-refractivity contribution in [3.63, 3.8) is 0 Å². The molecule has 0 atom stereocenters. The van der Waals surface area contributed by atoms with Gasteiger partial charge in [0.05, 0.1) is 18.4 Å². The second-order valence-electron chi connectivity index (χ2n) is 2.93. The Kier molecular flexibility index (Phi) is 3.74. The molecule has 4 heteroatoms. The Morgan fingerprint density at radius 3 is 3.00 bits per heavy atom. The quantitative estimate of drug-likeness (QED) is 0.574. The van der Waals surface area contributed by atoms with E-state index < -0.39 is 0 Å². The van der Waals surface area contributed by atoms with Crippen LogP contribution in [0.15, 0.2) is 30.9 Å². The summed E-state index contributed by atoms with van der Waals surface area (Å²) < 4.78 is 5.07. The molecule has 1 aromatic carbocycles. The summed E-state index contributed by atoms with van der Waals surface area (Å²) in [4.78, 5) is 11.6. The lowest BCUT2D eigenvalue weighted by atomic mass is 10.1.